The van der Waals surface area contributed by atoms with E-state index >= 15 is 0 Å². The van der Waals surface area contributed by atoms with Crippen LogP contribution in [0.15, 0.2) is 36.4 Å². The van der Waals surface area contributed by atoms with Crippen LogP contribution in [0.5, 0.6) is 5.75 Å². The lowest BCUT2D eigenvalue weighted by Gasteiger charge is -2.14. The number of anilines is 2. The Morgan fingerprint density at radius 3 is 2.58 bits per heavy atom. The summed E-state index contributed by atoms with van der Waals surface area (Å²) in [6, 6.07) is 10.4. The number of halogens is 1. The van der Waals surface area contributed by atoms with Gasteiger partial charge in [0.2, 0.25) is 0 Å². The van der Waals surface area contributed by atoms with Gasteiger partial charge in [-0.3, -0.25) is 4.79 Å². The van der Waals surface area contributed by atoms with Crippen molar-refractivity contribution < 1.29 is 9.90 Å². The van der Waals surface area contributed by atoms with Gasteiger partial charge in [0.1, 0.15) is 11.4 Å². The summed E-state index contributed by atoms with van der Waals surface area (Å²) >= 11 is 6.17. The molecule has 0 spiro atoms. The number of hydrogen-bond donors (Lipinski definition) is 2. The molecule has 0 saturated carbocycles. The molecular formula is C15H14ClNO2. The molecule has 2 aromatic carbocycles. The maximum absolute atomic E-state index is 11.6. The Kier molecular flexibility index (Phi) is 3.76. The third kappa shape index (κ3) is 2.71. The van der Waals surface area contributed by atoms with Crippen LogP contribution >= 0.6 is 11.6 Å². The van der Waals surface area contributed by atoms with Crippen LogP contribution in [0.1, 0.15) is 22.8 Å². The molecule has 0 aliphatic carbocycles. The summed E-state index contributed by atoms with van der Waals surface area (Å²) < 4.78 is 0. The highest BCUT2D eigenvalue weighted by Crippen LogP contribution is 2.36. The van der Waals surface area contributed by atoms with Crippen molar-refractivity contribution >= 4 is 28.8 Å². The quantitative estimate of drug-likeness (QED) is 0.648. The molecule has 0 unspecified atom stereocenters. The van der Waals surface area contributed by atoms with Crippen LogP contribution in [-0.2, 0) is 0 Å². The van der Waals surface area contributed by atoms with Crippen molar-refractivity contribution in [1.29, 1.82) is 0 Å². The molecule has 0 heterocycles. The number of Topliss-reactive ketones (excluding diaryl/α,β-unsaturated/α-hetero) is 1. The fraction of sp³-hybridized carbons (Fsp3) is 0.133. The first-order valence-corrected chi connectivity index (χ1v) is 6.23. The first-order valence-electron chi connectivity index (χ1n) is 5.85. The number of para-hydroxylation sites is 1. The maximum Gasteiger partial charge on any atom is 0.161 e. The minimum absolute atomic E-state index is 0.0497. The second kappa shape index (κ2) is 5.33. The molecule has 3 nitrogen and oxygen atoms in total. The van der Waals surface area contributed by atoms with Crippen LogP contribution in [0.4, 0.5) is 11.4 Å². The van der Waals surface area contributed by atoms with Crippen molar-refractivity contribution in [1.82, 2.24) is 0 Å². The van der Waals surface area contributed by atoms with Gasteiger partial charge >= 0.3 is 0 Å². The minimum atomic E-state index is -0.0497. The molecule has 0 aromatic heterocycles. The van der Waals surface area contributed by atoms with Crippen LogP contribution in [0, 0.1) is 6.92 Å². The molecule has 0 amide bonds. The lowest BCUT2D eigenvalue weighted by molar-refractivity contribution is 0.101. The van der Waals surface area contributed by atoms with Gasteiger partial charge in [-0.1, -0.05) is 29.8 Å². The van der Waals surface area contributed by atoms with E-state index in [0.717, 1.165) is 5.56 Å². The average Bonchev–Trinajstić information content (AvgIpc) is 2.39. The van der Waals surface area contributed by atoms with Crippen molar-refractivity contribution in [2.45, 2.75) is 13.8 Å². The number of carbonyl (C=O) groups excluding carboxylic acids is 1. The lowest BCUT2D eigenvalue weighted by Crippen LogP contribution is -2.01. The second-order valence-corrected chi connectivity index (χ2v) is 4.70. The van der Waals surface area contributed by atoms with E-state index in [1.165, 1.54) is 6.92 Å². The monoisotopic (exact) mass is 275 g/mol. The standard InChI is InChI=1S/C15H14ClNO2/c1-9-7-8-13(19)15(14(9)16)17-12-6-4-3-5-11(12)10(2)18/h3-8,17,19H,1-2H3. The number of aromatic hydroxyl groups is 1. The molecule has 98 valence electrons. The fourth-order valence-electron chi connectivity index (χ4n) is 1.82. The number of rotatable bonds is 3. The van der Waals surface area contributed by atoms with Gasteiger partial charge in [0.25, 0.3) is 0 Å². The summed E-state index contributed by atoms with van der Waals surface area (Å²) in [7, 11) is 0. The molecule has 0 aliphatic rings. The van der Waals surface area contributed by atoms with E-state index in [9.17, 15) is 9.90 Å². The van der Waals surface area contributed by atoms with Crippen molar-refractivity contribution in [3.63, 3.8) is 0 Å². The highest BCUT2D eigenvalue weighted by atomic mass is 35.5. The minimum Gasteiger partial charge on any atom is -0.506 e. The lowest BCUT2D eigenvalue weighted by atomic mass is 10.1. The number of aryl methyl sites for hydroxylation is 1. The van der Waals surface area contributed by atoms with E-state index in [1.54, 1.807) is 30.3 Å². The van der Waals surface area contributed by atoms with E-state index in [2.05, 4.69) is 5.32 Å². The van der Waals surface area contributed by atoms with Crippen molar-refractivity contribution in [3.8, 4) is 5.75 Å². The van der Waals surface area contributed by atoms with Gasteiger partial charge < -0.3 is 10.4 Å². The van der Waals surface area contributed by atoms with Gasteiger partial charge in [0.15, 0.2) is 5.78 Å². The molecule has 0 aliphatic heterocycles. The smallest absolute Gasteiger partial charge is 0.161 e. The third-order valence-corrected chi connectivity index (χ3v) is 3.37. The number of hydrogen-bond acceptors (Lipinski definition) is 3. The number of carbonyl (C=O) groups is 1. The molecule has 19 heavy (non-hydrogen) atoms. The molecule has 0 atom stereocenters. The normalized spacial score (nSPS) is 10.3. The van der Waals surface area contributed by atoms with Crippen LogP contribution in [0.25, 0.3) is 0 Å². The van der Waals surface area contributed by atoms with Gasteiger partial charge in [-0.25, -0.2) is 0 Å². The van der Waals surface area contributed by atoms with E-state index in [-0.39, 0.29) is 11.5 Å². The number of phenolic OH excluding ortho intramolecular Hbond substituents is 1. The Morgan fingerprint density at radius 1 is 1.21 bits per heavy atom. The highest BCUT2D eigenvalue weighted by Gasteiger charge is 2.12. The summed E-state index contributed by atoms with van der Waals surface area (Å²) in [5.74, 6) is 0.000297. The van der Waals surface area contributed by atoms with Gasteiger partial charge in [-0.15, -0.1) is 0 Å². The summed E-state index contributed by atoms with van der Waals surface area (Å²) in [5, 5.41) is 13.3. The Balaban J connectivity index is 2.48. The third-order valence-electron chi connectivity index (χ3n) is 2.88. The predicted octanol–water partition coefficient (Wildman–Crippen LogP) is 4.30. The maximum atomic E-state index is 11.6. The van der Waals surface area contributed by atoms with Crippen molar-refractivity contribution in [3.05, 3.63) is 52.5 Å². The highest BCUT2D eigenvalue weighted by molar-refractivity contribution is 6.34. The molecule has 2 aromatic rings. The predicted molar refractivity (Wildman–Crippen MR) is 77.6 cm³/mol. The van der Waals surface area contributed by atoms with Gasteiger partial charge in [-0.05, 0) is 37.6 Å². The Hall–Kier alpha value is -2.00. The molecular weight excluding hydrogens is 262 g/mol. The zero-order valence-electron chi connectivity index (χ0n) is 10.7. The summed E-state index contributed by atoms with van der Waals surface area (Å²) in [6.45, 7) is 3.35. The van der Waals surface area contributed by atoms with Gasteiger partial charge in [0.05, 0.1) is 5.02 Å². The van der Waals surface area contributed by atoms with Gasteiger partial charge in [0, 0.05) is 11.3 Å². The summed E-state index contributed by atoms with van der Waals surface area (Å²) in [5.41, 5.74) is 2.44. The molecule has 0 fully saturated rings. The topological polar surface area (TPSA) is 49.3 Å². The molecule has 0 radical (unpaired) electrons. The molecule has 2 N–H and O–H groups in total. The zero-order chi connectivity index (χ0) is 14.0. The Morgan fingerprint density at radius 2 is 1.89 bits per heavy atom. The van der Waals surface area contributed by atoms with Crippen LogP contribution < -0.4 is 5.32 Å². The first kappa shape index (κ1) is 13.4. The second-order valence-electron chi connectivity index (χ2n) is 4.32. The number of benzene rings is 2. The van der Waals surface area contributed by atoms with Gasteiger partial charge in [-0.2, -0.15) is 0 Å². The van der Waals surface area contributed by atoms with E-state index in [1.807, 2.05) is 13.0 Å². The number of nitrogens with one attached hydrogen (secondary N) is 1. The average molecular weight is 276 g/mol. The fourth-order valence-corrected chi connectivity index (χ4v) is 2.03. The molecule has 2 rings (SSSR count). The Bertz CT molecular complexity index is 638. The molecule has 0 bridgehead atoms. The van der Waals surface area contributed by atoms with E-state index < -0.39 is 0 Å². The molecule has 4 heteroatoms. The van der Waals surface area contributed by atoms with Crippen molar-refractivity contribution in [2.24, 2.45) is 0 Å². The largest absolute Gasteiger partial charge is 0.506 e. The number of phenols is 1. The van der Waals surface area contributed by atoms with Crippen LogP contribution in [0.3, 0.4) is 0 Å². The molecule has 0 saturated heterocycles. The van der Waals surface area contributed by atoms with Crippen LogP contribution in [-0.4, -0.2) is 10.9 Å². The summed E-state index contributed by atoms with van der Waals surface area (Å²) in [6.07, 6.45) is 0. The van der Waals surface area contributed by atoms with E-state index in [0.29, 0.717) is 22.0 Å². The summed E-state index contributed by atoms with van der Waals surface area (Å²) in [4.78, 5) is 11.6. The first-order chi connectivity index (χ1) is 9.00. The van der Waals surface area contributed by atoms with Crippen LogP contribution in [0.2, 0.25) is 5.02 Å². The zero-order valence-corrected chi connectivity index (χ0v) is 11.5. The van der Waals surface area contributed by atoms with Crippen molar-refractivity contribution in [2.75, 3.05) is 5.32 Å². The SMILES string of the molecule is CC(=O)c1ccccc1Nc1c(O)ccc(C)c1Cl. The number of ketones is 1. The van der Waals surface area contributed by atoms with E-state index in [4.69, 9.17) is 11.6 Å². The Labute approximate surface area is 116 Å².